The lowest BCUT2D eigenvalue weighted by molar-refractivity contribution is 0.174. The Morgan fingerprint density at radius 1 is 1.14 bits per heavy atom. The van der Waals surface area contributed by atoms with E-state index in [9.17, 15) is 5.11 Å². The molecular weight excluding hydrogens is 262 g/mol. The first-order chi connectivity index (χ1) is 10.3. The van der Waals surface area contributed by atoms with Crippen molar-refractivity contribution in [1.29, 1.82) is 0 Å². The van der Waals surface area contributed by atoms with Crippen molar-refractivity contribution < 1.29 is 9.84 Å². The molecule has 0 aliphatic carbocycles. The Morgan fingerprint density at radius 2 is 1.90 bits per heavy atom. The number of aliphatic hydroxyl groups excluding tert-OH is 1. The van der Waals surface area contributed by atoms with Crippen LogP contribution in [0.3, 0.4) is 0 Å². The third-order valence-electron chi connectivity index (χ3n) is 3.98. The Balaban J connectivity index is 1.94. The molecule has 0 saturated heterocycles. The van der Waals surface area contributed by atoms with Gasteiger partial charge in [-0.3, -0.25) is 0 Å². The molecule has 0 radical (unpaired) electrons. The summed E-state index contributed by atoms with van der Waals surface area (Å²) in [5, 5.41) is 10.2. The van der Waals surface area contributed by atoms with Crippen molar-refractivity contribution in [3.05, 3.63) is 59.7 Å². The molecule has 3 heteroatoms. The van der Waals surface area contributed by atoms with Gasteiger partial charge in [0.2, 0.25) is 0 Å². The third kappa shape index (κ3) is 2.88. The second-order valence-electron chi connectivity index (χ2n) is 5.36. The summed E-state index contributed by atoms with van der Waals surface area (Å²) in [5.41, 5.74) is 3.29. The molecule has 0 aromatic heterocycles. The van der Waals surface area contributed by atoms with Crippen molar-refractivity contribution in [1.82, 2.24) is 0 Å². The summed E-state index contributed by atoms with van der Waals surface area (Å²) in [4.78, 5) is 2.29. The maximum Gasteiger partial charge on any atom is 0.124 e. The Hall–Kier alpha value is -2.00. The van der Waals surface area contributed by atoms with Crippen LogP contribution in [0.1, 0.15) is 30.6 Å². The highest BCUT2D eigenvalue weighted by molar-refractivity contribution is 5.56. The summed E-state index contributed by atoms with van der Waals surface area (Å²) in [6.45, 7) is 4.29. The van der Waals surface area contributed by atoms with Crippen LogP contribution in [0.25, 0.3) is 0 Å². The minimum absolute atomic E-state index is 0.416. The molecule has 0 spiro atoms. The predicted molar refractivity (Wildman–Crippen MR) is 84.7 cm³/mol. The average Bonchev–Trinajstić information content (AvgIpc) is 2.76. The number of hydrogen-bond acceptors (Lipinski definition) is 3. The standard InChI is InChI=1S/C18H21NO2/c1-2-17(20)15-8-4-5-9-16(15)19-11-12-21-18-10-6-3-7-14(18)13-19/h3-10,17,20H,2,11-13H2,1H3. The van der Waals surface area contributed by atoms with Crippen molar-refractivity contribution in [2.24, 2.45) is 0 Å². The van der Waals surface area contributed by atoms with Crippen LogP contribution in [0.5, 0.6) is 5.75 Å². The molecule has 110 valence electrons. The second kappa shape index (κ2) is 6.19. The van der Waals surface area contributed by atoms with E-state index in [1.54, 1.807) is 0 Å². The molecule has 2 aromatic rings. The van der Waals surface area contributed by atoms with Crippen molar-refractivity contribution in [3.63, 3.8) is 0 Å². The van der Waals surface area contributed by atoms with E-state index in [0.29, 0.717) is 6.61 Å². The van der Waals surface area contributed by atoms with Crippen LogP contribution in [-0.4, -0.2) is 18.3 Å². The molecule has 0 saturated carbocycles. The molecule has 1 atom stereocenters. The largest absolute Gasteiger partial charge is 0.491 e. The highest BCUT2D eigenvalue weighted by Gasteiger charge is 2.19. The number of hydrogen-bond donors (Lipinski definition) is 1. The number of nitrogens with zero attached hydrogens (tertiary/aromatic N) is 1. The quantitative estimate of drug-likeness (QED) is 0.935. The first kappa shape index (κ1) is 14.0. The van der Waals surface area contributed by atoms with Crippen LogP contribution >= 0.6 is 0 Å². The zero-order valence-corrected chi connectivity index (χ0v) is 12.3. The monoisotopic (exact) mass is 283 g/mol. The molecule has 1 unspecified atom stereocenters. The van der Waals surface area contributed by atoms with E-state index < -0.39 is 6.10 Å². The Bertz CT molecular complexity index is 612. The van der Waals surface area contributed by atoms with Gasteiger partial charge in [0.1, 0.15) is 12.4 Å². The Morgan fingerprint density at radius 3 is 2.76 bits per heavy atom. The van der Waals surface area contributed by atoms with Crippen molar-refractivity contribution in [3.8, 4) is 5.75 Å². The lowest BCUT2D eigenvalue weighted by Gasteiger charge is -2.26. The summed E-state index contributed by atoms with van der Waals surface area (Å²) in [6, 6.07) is 16.3. The molecule has 3 nitrogen and oxygen atoms in total. The summed E-state index contributed by atoms with van der Waals surface area (Å²) in [5.74, 6) is 0.966. The van der Waals surface area contributed by atoms with E-state index in [2.05, 4.69) is 17.0 Å². The van der Waals surface area contributed by atoms with Crippen molar-refractivity contribution >= 4 is 5.69 Å². The molecule has 0 amide bonds. The number of benzene rings is 2. The van der Waals surface area contributed by atoms with Gasteiger partial charge in [0, 0.05) is 23.4 Å². The van der Waals surface area contributed by atoms with E-state index in [-0.39, 0.29) is 0 Å². The second-order valence-corrected chi connectivity index (χ2v) is 5.36. The third-order valence-corrected chi connectivity index (χ3v) is 3.98. The van der Waals surface area contributed by atoms with Gasteiger partial charge in [0.25, 0.3) is 0 Å². The van der Waals surface area contributed by atoms with Gasteiger partial charge >= 0.3 is 0 Å². The predicted octanol–water partition coefficient (Wildman–Crippen LogP) is 3.53. The van der Waals surface area contributed by atoms with Crippen LogP contribution < -0.4 is 9.64 Å². The van der Waals surface area contributed by atoms with Gasteiger partial charge in [-0.1, -0.05) is 43.3 Å². The number of anilines is 1. The molecule has 0 bridgehead atoms. The van der Waals surface area contributed by atoms with Crippen molar-refractivity contribution in [2.45, 2.75) is 26.0 Å². The lowest BCUT2D eigenvalue weighted by atomic mass is 10.0. The number of ether oxygens (including phenoxy) is 1. The number of aliphatic hydroxyl groups is 1. The van der Waals surface area contributed by atoms with Crippen LogP contribution in [0.2, 0.25) is 0 Å². The SMILES string of the molecule is CCC(O)c1ccccc1N1CCOc2ccccc2C1. The Labute approximate surface area is 125 Å². The molecular formula is C18H21NO2. The average molecular weight is 283 g/mol. The summed E-state index contributed by atoms with van der Waals surface area (Å²) < 4.78 is 5.82. The maximum absolute atomic E-state index is 10.2. The van der Waals surface area contributed by atoms with E-state index in [4.69, 9.17) is 4.74 Å². The summed E-state index contributed by atoms with van der Waals surface area (Å²) in [7, 11) is 0. The normalized spacial score (nSPS) is 15.8. The molecule has 1 aliphatic heterocycles. The topological polar surface area (TPSA) is 32.7 Å². The van der Waals surface area contributed by atoms with Gasteiger partial charge in [0.15, 0.2) is 0 Å². The van der Waals surface area contributed by atoms with Gasteiger partial charge < -0.3 is 14.7 Å². The zero-order valence-electron chi connectivity index (χ0n) is 12.3. The van der Waals surface area contributed by atoms with Crippen LogP contribution in [0, 0.1) is 0 Å². The Kier molecular flexibility index (Phi) is 4.11. The molecule has 1 N–H and O–H groups in total. The highest BCUT2D eigenvalue weighted by atomic mass is 16.5. The van der Waals surface area contributed by atoms with Crippen LogP contribution in [0.4, 0.5) is 5.69 Å². The fourth-order valence-corrected chi connectivity index (χ4v) is 2.81. The minimum Gasteiger partial charge on any atom is -0.491 e. The number of para-hydroxylation sites is 2. The molecule has 1 aliphatic rings. The van der Waals surface area contributed by atoms with Crippen LogP contribution in [-0.2, 0) is 6.54 Å². The minimum atomic E-state index is -0.416. The first-order valence-corrected chi connectivity index (χ1v) is 7.52. The zero-order chi connectivity index (χ0) is 14.7. The van der Waals surface area contributed by atoms with Crippen molar-refractivity contribution in [2.75, 3.05) is 18.1 Å². The lowest BCUT2D eigenvalue weighted by Crippen LogP contribution is -2.26. The number of rotatable bonds is 3. The number of fused-ring (bicyclic) bond motifs is 1. The molecule has 0 fully saturated rings. The molecule has 21 heavy (non-hydrogen) atoms. The first-order valence-electron chi connectivity index (χ1n) is 7.52. The van der Waals surface area contributed by atoms with Gasteiger partial charge in [-0.2, -0.15) is 0 Å². The van der Waals surface area contributed by atoms with Gasteiger partial charge in [-0.15, -0.1) is 0 Å². The van der Waals surface area contributed by atoms with Gasteiger partial charge in [-0.25, -0.2) is 0 Å². The highest BCUT2D eigenvalue weighted by Crippen LogP contribution is 2.31. The van der Waals surface area contributed by atoms with E-state index in [0.717, 1.165) is 36.5 Å². The fraction of sp³-hybridized carbons (Fsp3) is 0.333. The summed E-state index contributed by atoms with van der Waals surface area (Å²) >= 11 is 0. The molecule has 2 aromatic carbocycles. The van der Waals surface area contributed by atoms with E-state index >= 15 is 0 Å². The van der Waals surface area contributed by atoms with Gasteiger partial charge in [0.05, 0.1) is 12.6 Å². The maximum atomic E-state index is 10.2. The van der Waals surface area contributed by atoms with Gasteiger partial charge in [-0.05, 0) is 18.6 Å². The molecule has 3 rings (SSSR count). The van der Waals surface area contributed by atoms with Crippen LogP contribution in [0.15, 0.2) is 48.5 Å². The summed E-state index contributed by atoms with van der Waals surface area (Å²) in [6.07, 6.45) is 0.304. The van der Waals surface area contributed by atoms with E-state index in [1.807, 2.05) is 43.3 Å². The fourth-order valence-electron chi connectivity index (χ4n) is 2.81. The smallest absolute Gasteiger partial charge is 0.124 e. The van der Waals surface area contributed by atoms with E-state index in [1.165, 1.54) is 5.56 Å². The molecule has 1 heterocycles.